The van der Waals surface area contributed by atoms with Crippen LogP contribution < -0.4 is 15.8 Å². The van der Waals surface area contributed by atoms with E-state index in [1.807, 2.05) is 26.0 Å². The van der Waals surface area contributed by atoms with Crippen molar-refractivity contribution < 1.29 is 29.0 Å². The first-order chi connectivity index (χ1) is 17.2. The zero-order chi connectivity index (χ0) is 27.1. The molecule has 1 aromatic carbocycles. The number of primary amides is 1. The summed E-state index contributed by atoms with van der Waals surface area (Å²) >= 11 is 5.58. The van der Waals surface area contributed by atoms with Crippen LogP contribution >= 0.6 is 12.2 Å². The summed E-state index contributed by atoms with van der Waals surface area (Å²) in [6.45, 7) is 9.26. The molecular formula is C26H41N3O6S. The van der Waals surface area contributed by atoms with Crippen molar-refractivity contribution in [3.63, 3.8) is 0 Å². The Morgan fingerprint density at radius 1 is 1.17 bits per heavy atom. The predicted octanol–water partition coefficient (Wildman–Crippen LogP) is 2.74. The molecule has 0 radical (unpaired) electrons. The first-order valence-corrected chi connectivity index (χ1v) is 12.5. The van der Waals surface area contributed by atoms with Gasteiger partial charge in [-0.2, -0.15) is 0 Å². The van der Waals surface area contributed by atoms with Crippen molar-refractivity contribution in [2.75, 3.05) is 40.6 Å². The van der Waals surface area contributed by atoms with Gasteiger partial charge in [-0.1, -0.05) is 44.3 Å². The van der Waals surface area contributed by atoms with E-state index in [1.54, 1.807) is 32.4 Å². The zero-order valence-electron chi connectivity index (χ0n) is 21.8. The number of allylic oxidation sites excluding steroid dienone is 1. The van der Waals surface area contributed by atoms with Crippen LogP contribution in [-0.2, 0) is 25.5 Å². The highest BCUT2D eigenvalue weighted by molar-refractivity contribution is 7.80. The number of nitrogens with zero attached hydrogens (tertiary/aromatic N) is 1. The molecule has 0 aliphatic carbocycles. The molecule has 1 aromatic rings. The number of hydrogen-bond acceptors (Lipinski definition) is 7. The fourth-order valence-electron chi connectivity index (χ4n) is 3.81. The van der Waals surface area contributed by atoms with E-state index in [4.69, 9.17) is 32.2 Å². The van der Waals surface area contributed by atoms with E-state index in [9.17, 15) is 14.8 Å². The molecule has 2 amide bonds. The summed E-state index contributed by atoms with van der Waals surface area (Å²) in [5.41, 5.74) is 6.47. The standard InChI is InChI=1S/C26H41N3O6S/c1-6-7-21(24(27)30)22(16-18(2)3)26(31)29(32)23(17-19-8-10-20(34-5)11-9-19)25(36)28-12-13-35-15-14-33-4/h6,8-11,18,21-23,32H,1,7,12-17H2,2-5H3,(H2,27,30)(H,28,36)/t21-,22+,23-/m0/s1. The van der Waals surface area contributed by atoms with Gasteiger partial charge in [-0.05, 0) is 36.5 Å². The Morgan fingerprint density at radius 3 is 2.36 bits per heavy atom. The number of ether oxygens (including phenoxy) is 3. The first-order valence-electron chi connectivity index (χ1n) is 12.1. The maximum Gasteiger partial charge on any atom is 0.250 e. The van der Waals surface area contributed by atoms with Gasteiger partial charge in [0.15, 0.2) is 0 Å². The van der Waals surface area contributed by atoms with Crippen LogP contribution in [0.4, 0.5) is 0 Å². The minimum absolute atomic E-state index is 0.0911. The largest absolute Gasteiger partial charge is 0.497 e. The van der Waals surface area contributed by atoms with E-state index in [0.29, 0.717) is 43.6 Å². The minimum atomic E-state index is -0.869. The number of hydrogen-bond donors (Lipinski definition) is 3. The molecule has 0 bridgehead atoms. The average Bonchev–Trinajstić information content (AvgIpc) is 2.85. The third-order valence-electron chi connectivity index (χ3n) is 5.70. The molecule has 9 nitrogen and oxygen atoms in total. The summed E-state index contributed by atoms with van der Waals surface area (Å²) in [6, 6.07) is 6.41. The number of amides is 2. The van der Waals surface area contributed by atoms with Crippen molar-refractivity contribution in [3.05, 3.63) is 42.5 Å². The van der Waals surface area contributed by atoms with Crippen LogP contribution in [0.3, 0.4) is 0 Å². The SMILES string of the molecule is C=CC[C@H](C(N)=O)[C@@H](CC(C)C)C(=O)N(O)[C@@H](Cc1ccc(OC)cc1)C(=S)NCCOCCOC. The molecule has 0 aromatic heterocycles. The quantitative estimate of drug-likeness (QED) is 0.0883. The van der Waals surface area contributed by atoms with Gasteiger partial charge in [-0.3, -0.25) is 14.8 Å². The number of thiocarbonyl (C=S) groups is 1. The Hall–Kier alpha value is -2.53. The summed E-state index contributed by atoms with van der Waals surface area (Å²) in [5, 5.41) is 14.9. The van der Waals surface area contributed by atoms with Crippen molar-refractivity contribution >= 4 is 29.0 Å². The number of nitrogens with one attached hydrogen (secondary N) is 1. The lowest BCUT2D eigenvalue weighted by molar-refractivity contribution is -0.178. The molecule has 202 valence electrons. The number of hydroxylamine groups is 2. The van der Waals surface area contributed by atoms with Gasteiger partial charge in [-0.25, -0.2) is 5.06 Å². The average molecular weight is 524 g/mol. The second-order valence-corrected chi connectivity index (χ2v) is 9.36. The van der Waals surface area contributed by atoms with Crippen molar-refractivity contribution in [3.8, 4) is 5.75 Å². The summed E-state index contributed by atoms with van der Waals surface area (Å²) in [5.74, 6) is -2.04. The summed E-state index contributed by atoms with van der Waals surface area (Å²) in [7, 11) is 3.17. The first kappa shape index (κ1) is 31.5. The molecular weight excluding hydrogens is 482 g/mol. The third kappa shape index (κ3) is 10.6. The topological polar surface area (TPSA) is 123 Å². The second kappa shape index (κ2) is 17.0. The van der Waals surface area contributed by atoms with E-state index in [-0.39, 0.29) is 23.7 Å². The van der Waals surface area contributed by atoms with Crippen molar-refractivity contribution in [1.29, 1.82) is 0 Å². The molecule has 0 heterocycles. The maximum absolute atomic E-state index is 13.6. The van der Waals surface area contributed by atoms with Crippen LogP contribution in [0.5, 0.6) is 5.75 Å². The Labute approximate surface area is 219 Å². The van der Waals surface area contributed by atoms with E-state index in [2.05, 4.69) is 11.9 Å². The lowest BCUT2D eigenvalue weighted by atomic mass is 9.82. The number of carbonyl (C=O) groups excluding carboxylic acids is 2. The molecule has 36 heavy (non-hydrogen) atoms. The summed E-state index contributed by atoms with van der Waals surface area (Å²) in [6.07, 6.45) is 2.42. The Morgan fingerprint density at radius 2 is 1.83 bits per heavy atom. The van der Waals surface area contributed by atoms with Gasteiger partial charge in [0.25, 0.3) is 5.91 Å². The number of rotatable bonds is 18. The molecule has 0 saturated carbocycles. The third-order valence-corrected chi connectivity index (χ3v) is 6.12. The van der Waals surface area contributed by atoms with E-state index in [1.165, 1.54) is 0 Å². The van der Waals surface area contributed by atoms with Crippen LogP contribution in [0.1, 0.15) is 32.3 Å². The Balaban J connectivity index is 3.15. The second-order valence-electron chi connectivity index (χ2n) is 8.92. The van der Waals surface area contributed by atoms with Crippen molar-refractivity contribution in [1.82, 2.24) is 10.4 Å². The Bertz CT molecular complexity index is 833. The molecule has 1 rings (SSSR count). The molecule has 0 spiro atoms. The maximum atomic E-state index is 13.6. The van der Waals surface area contributed by atoms with Crippen molar-refractivity contribution in [2.24, 2.45) is 23.5 Å². The zero-order valence-corrected chi connectivity index (χ0v) is 22.6. The highest BCUT2D eigenvalue weighted by atomic mass is 32.1. The molecule has 10 heteroatoms. The number of benzene rings is 1. The number of nitrogens with two attached hydrogens (primary N) is 1. The molecule has 0 aliphatic rings. The molecule has 3 atom stereocenters. The number of carbonyl (C=O) groups is 2. The predicted molar refractivity (Wildman–Crippen MR) is 143 cm³/mol. The Kier molecular flexibility index (Phi) is 14.9. The number of methoxy groups -OCH3 is 2. The molecule has 4 N–H and O–H groups in total. The van der Waals surface area contributed by atoms with E-state index >= 15 is 0 Å². The van der Waals surface area contributed by atoms with Crippen LogP contribution in [-0.4, -0.2) is 73.7 Å². The lowest BCUT2D eigenvalue weighted by Gasteiger charge is -2.33. The van der Waals surface area contributed by atoms with E-state index < -0.39 is 29.7 Å². The van der Waals surface area contributed by atoms with Crippen LogP contribution in [0.25, 0.3) is 0 Å². The normalized spacial score (nSPS) is 13.5. The van der Waals surface area contributed by atoms with Gasteiger partial charge >= 0.3 is 0 Å². The van der Waals surface area contributed by atoms with Gasteiger partial charge in [0.05, 0.1) is 38.8 Å². The van der Waals surface area contributed by atoms with Gasteiger partial charge < -0.3 is 25.3 Å². The van der Waals surface area contributed by atoms with Crippen LogP contribution in [0.15, 0.2) is 36.9 Å². The van der Waals surface area contributed by atoms with Crippen molar-refractivity contribution in [2.45, 2.75) is 39.2 Å². The minimum Gasteiger partial charge on any atom is -0.497 e. The van der Waals surface area contributed by atoms with E-state index in [0.717, 1.165) is 5.56 Å². The fourth-order valence-corrected chi connectivity index (χ4v) is 4.10. The molecule has 0 fully saturated rings. The van der Waals surface area contributed by atoms with Crippen LogP contribution in [0.2, 0.25) is 0 Å². The molecule has 0 saturated heterocycles. The fraction of sp³-hybridized carbons (Fsp3) is 0.577. The lowest BCUT2D eigenvalue weighted by Crippen LogP contribution is -2.52. The monoisotopic (exact) mass is 523 g/mol. The van der Waals surface area contributed by atoms with Crippen LogP contribution in [0, 0.1) is 17.8 Å². The van der Waals surface area contributed by atoms with Gasteiger partial charge in [0.2, 0.25) is 5.91 Å². The highest BCUT2D eigenvalue weighted by Crippen LogP contribution is 2.27. The molecule has 0 aliphatic heterocycles. The van der Waals surface area contributed by atoms with Gasteiger partial charge in [0, 0.05) is 20.1 Å². The summed E-state index contributed by atoms with van der Waals surface area (Å²) in [4.78, 5) is 26.0. The molecule has 0 unspecified atom stereocenters. The highest BCUT2D eigenvalue weighted by Gasteiger charge is 2.38. The van der Waals surface area contributed by atoms with Gasteiger partial charge in [-0.15, -0.1) is 6.58 Å². The smallest absolute Gasteiger partial charge is 0.250 e. The van der Waals surface area contributed by atoms with Gasteiger partial charge in [0.1, 0.15) is 16.8 Å². The summed E-state index contributed by atoms with van der Waals surface area (Å²) < 4.78 is 15.6.